The lowest BCUT2D eigenvalue weighted by Gasteiger charge is -2.29. The van der Waals surface area contributed by atoms with Crippen LogP contribution in [0.5, 0.6) is 5.75 Å². The Bertz CT molecular complexity index is 624. The fourth-order valence-electron chi connectivity index (χ4n) is 2.67. The average molecular weight is 347 g/mol. The van der Waals surface area contributed by atoms with Gasteiger partial charge in [-0.1, -0.05) is 55.4 Å². The number of carbonyl (C=O) groups excluding carboxylic acids is 1. The van der Waals surface area contributed by atoms with Crippen molar-refractivity contribution in [2.75, 3.05) is 6.54 Å². The zero-order valence-corrected chi connectivity index (χ0v) is 17.2. The molecular formula is C21H33NO3. The van der Waals surface area contributed by atoms with Crippen LogP contribution in [0.3, 0.4) is 0 Å². The van der Waals surface area contributed by atoms with Crippen molar-refractivity contribution in [3.63, 3.8) is 0 Å². The summed E-state index contributed by atoms with van der Waals surface area (Å²) in [6, 6.07) is 3.91. The van der Waals surface area contributed by atoms with Crippen LogP contribution in [0.15, 0.2) is 12.1 Å². The first-order valence-corrected chi connectivity index (χ1v) is 8.88. The van der Waals surface area contributed by atoms with Gasteiger partial charge < -0.3 is 9.94 Å². The zero-order chi connectivity index (χ0) is 19.6. The van der Waals surface area contributed by atoms with Gasteiger partial charge in [0.25, 0.3) is 0 Å². The molecule has 4 heteroatoms. The van der Waals surface area contributed by atoms with Gasteiger partial charge in [0.2, 0.25) is 0 Å². The molecule has 1 aromatic carbocycles. The lowest BCUT2D eigenvalue weighted by molar-refractivity contribution is -0.459. The maximum absolute atomic E-state index is 12.2. The van der Waals surface area contributed by atoms with Gasteiger partial charge in [0.05, 0.1) is 0 Å². The molecule has 0 spiro atoms. The Morgan fingerprint density at radius 3 is 1.88 bits per heavy atom. The van der Waals surface area contributed by atoms with Crippen LogP contribution in [0.2, 0.25) is 0 Å². The number of rotatable bonds is 4. The summed E-state index contributed by atoms with van der Waals surface area (Å²) in [5.41, 5.74) is 2.25. The summed E-state index contributed by atoms with van der Waals surface area (Å²) in [6.07, 6.45) is 1.63. The van der Waals surface area contributed by atoms with E-state index in [0.717, 1.165) is 21.4 Å². The minimum absolute atomic E-state index is 0.222. The normalized spacial score (nSPS) is 13.3. The highest BCUT2D eigenvalue weighted by atomic mass is 16.5. The number of hydrogen-bond donors (Lipinski definition) is 0. The Morgan fingerprint density at radius 1 is 1.12 bits per heavy atom. The molecule has 1 rings (SSSR count). The molecule has 0 heterocycles. The number of hydrogen-bond acceptors (Lipinski definition) is 3. The van der Waals surface area contributed by atoms with Crippen molar-refractivity contribution in [3.05, 3.63) is 34.0 Å². The van der Waals surface area contributed by atoms with E-state index in [1.54, 1.807) is 6.21 Å². The van der Waals surface area contributed by atoms with Gasteiger partial charge in [-0.05, 0) is 23.0 Å². The van der Waals surface area contributed by atoms with Crippen LogP contribution in [0.1, 0.15) is 79.0 Å². The molecule has 0 fully saturated rings. The van der Waals surface area contributed by atoms with E-state index in [0.29, 0.717) is 18.2 Å². The highest BCUT2D eigenvalue weighted by molar-refractivity contribution is 5.79. The second-order valence-corrected chi connectivity index (χ2v) is 9.16. The third-order valence-corrected chi connectivity index (χ3v) is 3.81. The number of hydroxylamine groups is 1. The van der Waals surface area contributed by atoms with Crippen molar-refractivity contribution in [3.8, 4) is 5.75 Å². The first kappa shape index (κ1) is 21.2. The molecule has 0 bridgehead atoms. The molecule has 0 N–H and O–H groups in total. The van der Waals surface area contributed by atoms with Crippen LogP contribution in [-0.2, 0) is 15.6 Å². The van der Waals surface area contributed by atoms with Gasteiger partial charge in [0.1, 0.15) is 5.75 Å². The summed E-state index contributed by atoms with van der Waals surface area (Å²) in [4.78, 5) is 11.7. The van der Waals surface area contributed by atoms with Gasteiger partial charge in [-0.15, -0.1) is 0 Å². The van der Waals surface area contributed by atoms with E-state index < -0.39 is 0 Å². The minimum atomic E-state index is -0.335. The van der Waals surface area contributed by atoms with E-state index in [4.69, 9.17) is 4.74 Å². The quantitative estimate of drug-likeness (QED) is 0.196. The highest BCUT2D eigenvalue weighted by Gasteiger charge is 2.29. The van der Waals surface area contributed by atoms with Gasteiger partial charge in [-0.3, -0.25) is 4.79 Å². The molecule has 25 heavy (non-hydrogen) atoms. The molecule has 0 radical (unpaired) electrons. The first-order chi connectivity index (χ1) is 11.2. The van der Waals surface area contributed by atoms with Crippen molar-refractivity contribution >= 4 is 12.2 Å². The monoisotopic (exact) mass is 347 g/mol. The lowest BCUT2D eigenvalue weighted by Crippen LogP contribution is -2.22. The Labute approximate surface area is 152 Å². The van der Waals surface area contributed by atoms with Crippen LogP contribution in [0.4, 0.5) is 0 Å². The SMILES string of the molecule is CC(=O)Oc1c(C(C)(C)C)cc(C=[N+]([O-])CC(C)C)cc1C(C)(C)C. The third kappa shape index (κ3) is 6.18. The molecule has 0 saturated heterocycles. The van der Waals surface area contributed by atoms with Crippen molar-refractivity contribution < 1.29 is 14.3 Å². The van der Waals surface area contributed by atoms with Crippen LogP contribution in [-0.4, -0.2) is 23.5 Å². The molecule has 0 amide bonds. The van der Waals surface area contributed by atoms with Crippen LogP contribution in [0.25, 0.3) is 0 Å². The molecule has 0 aliphatic carbocycles. The number of carbonyl (C=O) groups is 1. The van der Waals surface area contributed by atoms with Crippen molar-refractivity contribution in [1.82, 2.24) is 0 Å². The fourth-order valence-corrected chi connectivity index (χ4v) is 2.67. The summed E-state index contributed by atoms with van der Waals surface area (Å²) in [5.74, 6) is 0.571. The van der Waals surface area contributed by atoms with E-state index >= 15 is 0 Å². The highest BCUT2D eigenvalue weighted by Crippen LogP contribution is 2.40. The Kier molecular flexibility index (Phi) is 6.44. The van der Waals surface area contributed by atoms with E-state index in [1.165, 1.54) is 6.92 Å². The van der Waals surface area contributed by atoms with Gasteiger partial charge in [0.15, 0.2) is 12.8 Å². The first-order valence-electron chi connectivity index (χ1n) is 8.88. The van der Waals surface area contributed by atoms with Crippen LogP contribution < -0.4 is 4.74 Å². The number of benzene rings is 1. The molecular weight excluding hydrogens is 314 g/mol. The number of nitrogens with zero attached hydrogens (tertiary/aromatic N) is 1. The molecule has 4 nitrogen and oxygen atoms in total. The Balaban J connectivity index is 3.67. The molecule has 1 aromatic rings. The summed E-state index contributed by atoms with van der Waals surface area (Å²) < 4.78 is 6.59. The van der Waals surface area contributed by atoms with E-state index in [2.05, 4.69) is 41.5 Å². The van der Waals surface area contributed by atoms with Crippen molar-refractivity contribution in [2.45, 2.75) is 73.1 Å². The molecule has 0 aromatic heterocycles. The predicted octanol–water partition coefficient (Wildman–Crippen LogP) is 4.79. The Hall–Kier alpha value is -1.84. The van der Waals surface area contributed by atoms with Crippen molar-refractivity contribution in [1.29, 1.82) is 0 Å². The number of ether oxygens (including phenoxy) is 1. The largest absolute Gasteiger partial charge is 0.624 e. The van der Waals surface area contributed by atoms with Crippen molar-refractivity contribution in [2.24, 2.45) is 5.92 Å². The molecule has 0 atom stereocenters. The fraction of sp³-hybridized carbons (Fsp3) is 0.619. The Morgan fingerprint density at radius 2 is 1.56 bits per heavy atom. The van der Waals surface area contributed by atoms with Crippen LogP contribution >= 0.6 is 0 Å². The average Bonchev–Trinajstić information content (AvgIpc) is 2.35. The summed E-state index contributed by atoms with van der Waals surface area (Å²) in [6.45, 7) is 18.4. The zero-order valence-electron chi connectivity index (χ0n) is 17.2. The van der Waals surface area contributed by atoms with E-state index in [9.17, 15) is 10.0 Å². The smallest absolute Gasteiger partial charge is 0.308 e. The second kappa shape index (κ2) is 7.59. The molecule has 0 aliphatic rings. The molecule has 0 aliphatic heterocycles. The lowest BCUT2D eigenvalue weighted by atomic mass is 9.78. The second-order valence-electron chi connectivity index (χ2n) is 9.16. The maximum atomic E-state index is 12.2. The standard InChI is InChI=1S/C21H33NO3/c1-14(2)12-22(24)13-16-10-17(20(4,5)6)19(25-15(3)23)18(11-16)21(7,8)9/h10-11,13-14H,12H2,1-9H3. The summed E-state index contributed by atoms with van der Waals surface area (Å²) in [5, 5.41) is 12.2. The number of esters is 1. The minimum Gasteiger partial charge on any atom is -0.624 e. The van der Waals surface area contributed by atoms with Gasteiger partial charge in [0, 0.05) is 29.5 Å². The van der Waals surface area contributed by atoms with E-state index in [-0.39, 0.29) is 16.8 Å². The third-order valence-electron chi connectivity index (χ3n) is 3.81. The molecule has 0 unspecified atom stereocenters. The van der Waals surface area contributed by atoms with Gasteiger partial charge in [-0.25, -0.2) is 4.74 Å². The van der Waals surface area contributed by atoms with Gasteiger partial charge in [-0.2, -0.15) is 0 Å². The van der Waals surface area contributed by atoms with Gasteiger partial charge >= 0.3 is 5.97 Å². The summed E-state index contributed by atoms with van der Waals surface area (Å²) >= 11 is 0. The van der Waals surface area contributed by atoms with Crippen LogP contribution in [0, 0.1) is 11.1 Å². The predicted molar refractivity (Wildman–Crippen MR) is 104 cm³/mol. The maximum Gasteiger partial charge on any atom is 0.308 e. The topological polar surface area (TPSA) is 52.4 Å². The molecule has 0 saturated carbocycles. The molecule has 140 valence electrons. The summed E-state index contributed by atoms with van der Waals surface area (Å²) in [7, 11) is 0. The van der Waals surface area contributed by atoms with E-state index in [1.807, 2.05) is 26.0 Å².